The average Bonchev–Trinajstić information content (AvgIpc) is 2.42. The van der Waals surface area contributed by atoms with E-state index in [0.29, 0.717) is 11.1 Å². The molecule has 0 aliphatic rings. The first-order valence-electron chi connectivity index (χ1n) is 5.69. The van der Waals surface area contributed by atoms with Crippen molar-refractivity contribution in [1.82, 2.24) is 0 Å². The fraction of sp³-hybridized carbons (Fsp3) is 0.0714. The van der Waals surface area contributed by atoms with Gasteiger partial charge in [-0.3, -0.25) is 14.9 Å². The lowest BCUT2D eigenvalue weighted by Gasteiger charge is -2.03. The first-order valence-corrected chi connectivity index (χ1v) is 6.07. The van der Waals surface area contributed by atoms with Crippen LogP contribution in [0.5, 0.6) is 0 Å². The topological polar surface area (TPSA) is 60.2 Å². The first-order chi connectivity index (χ1) is 9.47. The molecule has 0 fully saturated rings. The maximum Gasteiger partial charge on any atom is 0.269 e. The number of ketones is 1. The number of nitro benzene ring substituents is 1. The van der Waals surface area contributed by atoms with Gasteiger partial charge in [0.15, 0.2) is 5.78 Å². The molecular weight excluding hydrogens is 285 g/mol. The minimum absolute atomic E-state index is 0.0361. The third-order valence-corrected chi connectivity index (χ3v) is 3.04. The van der Waals surface area contributed by atoms with E-state index in [9.17, 15) is 19.3 Å². The molecule has 0 bridgehead atoms. The van der Waals surface area contributed by atoms with E-state index in [0.717, 1.165) is 6.07 Å². The molecule has 0 radical (unpaired) electrons. The summed E-state index contributed by atoms with van der Waals surface area (Å²) in [7, 11) is 0. The quantitative estimate of drug-likeness (QED) is 0.489. The third-order valence-electron chi connectivity index (χ3n) is 2.75. The highest BCUT2D eigenvalue weighted by Gasteiger charge is 2.11. The summed E-state index contributed by atoms with van der Waals surface area (Å²) in [5, 5.41) is 10.4. The smallest absolute Gasteiger partial charge is 0.269 e. The lowest BCUT2D eigenvalue weighted by molar-refractivity contribution is -0.384. The molecule has 20 heavy (non-hydrogen) atoms. The zero-order valence-electron chi connectivity index (χ0n) is 10.2. The summed E-state index contributed by atoms with van der Waals surface area (Å²) in [6, 6.07) is 9.45. The maximum atomic E-state index is 13.0. The molecule has 0 saturated heterocycles. The molecule has 0 atom stereocenters. The fourth-order valence-electron chi connectivity index (χ4n) is 1.69. The van der Waals surface area contributed by atoms with Crippen LogP contribution in [0.25, 0.3) is 0 Å². The second-order valence-electron chi connectivity index (χ2n) is 4.15. The first kappa shape index (κ1) is 14.1. The summed E-state index contributed by atoms with van der Waals surface area (Å²) in [5.41, 5.74) is 0.904. The van der Waals surface area contributed by atoms with E-state index in [1.54, 1.807) is 0 Å². The Morgan fingerprint density at radius 3 is 2.40 bits per heavy atom. The average molecular weight is 294 g/mol. The molecule has 0 aliphatic carbocycles. The van der Waals surface area contributed by atoms with E-state index in [-0.39, 0.29) is 22.9 Å². The highest BCUT2D eigenvalue weighted by atomic mass is 35.5. The minimum Gasteiger partial charge on any atom is -0.294 e. The van der Waals surface area contributed by atoms with Crippen LogP contribution in [-0.2, 0) is 6.42 Å². The second kappa shape index (κ2) is 5.79. The van der Waals surface area contributed by atoms with Gasteiger partial charge in [0.1, 0.15) is 5.82 Å². The summed E-state index contributed by atoms with van der Waals surface area (Å²) in [5.74, 6) is -0.820. The van der Waals surface area contributed by atoms with Gasteiger partial charge in [0.2, 0.25) is 0 Å². The summed E-state index contributed by atoms with van der Waals surface area (Å²) in [6.45, 7) is 0. The van der Waals surface area contributed by atoms with Crippen molar-refractivity contribution in [1.29, 1.82) is 0 Å². The number of nitrogens with zero attached hydrogens (tertiary/aromatic N) is 1. The number of hydrogen-bond acceptors (Lipinski definition) is 3. The van der Waals surface area contributed by atoms with Gasteiger partial charge in [0.25, 0.3) is 5.69 Å². The molecular formula is C14H9ClFNO3. The molecule has 0 amide bonds. The predicted octanol–water partition coefficient (Wildman–Crippen LogP) is 3.81. The molecule has 2 rings (SSSR count). The Balaban J connectivity index is 2.14. The van der Waals surface area contributed by atoms with E-state index in [4.69, 9.17) is 11.6 Å². The van der Waals surface area contributed by atoms with Crippen molar-refractivity contribution >= 4 is 23.1 Å². The van der Waals surface area contributed by atoms with Gasteiger partial charge in [0.05, 0.1) is 9.95 Å². The van der Waals surface area contributed by atoms with Crippen molar-refractivity contribution in [3.05, 3.63) is 74.5 Å². The van der Waals surface area contributed by atoms with E-state index >= 15 is 0 Å². The Morgan fingerprint density at radius 2 is 1.85 bits per heavy atom. The molecule has 6 heteroatoms. The van der Waals surface area contributed by atoms with Crippen LogP contribution in [-0.4, -0.2) is 10.7 Å². The zero-order chi connectivity index (χ0) is 14.7. The van der Waals surface area contributed by atoms with Crippen LogP contribution in [0, 0.1) is 15.9 Å². The predicted molar refractivity (Wildman–Crippen MR) is 72.5 cm³/mol. The van der Waals surface area contributed by atoms with Crippen LogP contribution in [0.4, 0.5) is 10.1 Å². The van der Waals surface area contributed by atoms with Gasteiger partial charge < -0.3 is 0 Å². The van der Waals surface area contributed by atoms with Gasteiger partial charge in [0, 0.05) is 24.1 Å². The van der Waals surface area contributed by atoms with Crippen molar-refractivity contribution in [3.63, 3.8) is 0 Å². The highest BCUT2D eigenvalue weighted by molar-refractivity contribution is 6.31. The number of nitro groups is 1. The Bertz CT molecular complexity index is 671. The highest BCUT2D eigenvalue weighted by Crippen LogP contribution is 2.18. The van der Waals surface area contributed by atoms with Crippen molar-refractivity contribution < 1.29 is 14.1 Å². The monoisotopic (exact) mass is 293 g/mol. The lowest BCUT2D eigenvalue weighted by atomic mass is 10.0. The molecule has 0 aliphatic heterocycles. The number of Topliss-reactive ketones (excluding diaryl/α,β-unsaturated/α-hetero) is 1. The Morgan fingerprint density at radius 1 is 1.20 bits per heavy atom. The summed E-state index contributed by atoms with van der Waals surface area (Å²) >= 11 is 5.61. The summed E-state index contributed by atoms with van der Waals surface area (Å²) in [4.78, 5) is 22.0. The van der Waals surface area contributed by atoms with Crippen LogP contribution in [0.3, 0.4) is 0 Å². The minimum atomic E-state index is -0.585. The van der Waals surface area contributed by atoms with Crippen molar-refractivity contribution in [2.45, 2.75) is 6.42 Å². The van der Waals surface area contributed by atoms with Gasteiger partial charge >= 0.3 is 0 Å². The molecule has 0 N–H and O–H groups in total. The number of benzene rings is 2. The lowest BCUT2D eigenvalue weighted by Crippen LogP contribution is -2.04. The van der Waals surface area contributed by atoms with Crippen LogP contribution in [0.2, 0.25) is 5.02 Å². The van der Waals surface area contributed by atoms with Gasteiger partial charge in [-0.05, 0) is 23.8 Å². The number of carbonyl (C=O) groups is 1. The van der Waals surface area contributed by atoms with Gasteiger partial charge in [-0.15, -0.1) is 0 Å². The van der Waals surface area contributed by atoms with Crippen LogP contribution >= 0.6 is 11.6 Å². The van der Waals surface area contributed by atoms with E-state index in [1.807, 2.05) is 0 Å². The normalized spacial score (nSPS) is 10.3. The van der Waals surface area contributed by atoms with Crippen LogP contribution in [0.15, 0.2) is 42.5 Å². The molecule has 0 heterocycles. The summed E-state index contributed by atoms with van der Waals surface area (Å²) in [6.07, 6.45) is 0.0694. The molecule has 0 aromatic heterocycles. The Hall–Kier alpha value is -2.27. The van der Waals surface area contributed by atoms with E-state index < -0.39 is 10.7 Å². The largest absolute Gasteiger partial charge is 0.294 e. The molecule has 0 spiro atoms. The Labute approximate surface area is 119 Å². The van der Waals surface area contributed by atoms with E-state index in [2.05, 4.69) is 0 Å². The standard InChI is InChI=1S/C14H9ClFNO3/c15-12-8-10(3-6-13(12)16)14(18)7-9-1-4-11(5-2-9)17(19)20/h1-6,8H,7H2. The third kappa shape index (κ3) is 3.19. The van der Waals surface area contributed by atoms with Gasteiger partial charge in [-0.2, -0.15) is 0 Å². The van der Waals surface area contributed by atoms with Gasteiger partial charge in [-0.1, -0.05) is 23.7 Å². The number of rotatable bonds is 4. The van der Waals surface area contributed by atoms with Crippen molar-refractivity contribution in [2.75, 3.05) is 0 Å². The van der Waals surface area contributed by atoms with Gasteiger partial charge in [-0.25, -0.2) is 4.39 Å². The zero-order valence-corrected chi connectivity index (χ0v) is 10.9. The molecule has 2 aromatic rings. The number of hydrogen-bond donors (Lipinski definition) is 0. The van der Waals surface area contributed by atoms with Crippen LogP contribution < -0.4 is 0 Å². The van der Waals surface area contributed by atoms with Crippen LogP contribution in [0.1, 0.15) is 15.9 Å². The molecule has 0 unspecified atom stereocenters. The second-order valence-corrected chi connectivity index (χ2v) is 4.56. The molecule has 102 valence electrons. The number of halogens is 2. The maximum absolute atomic E-state index is 13.0. The number of non-ortho nitro benzene ring substituents is 1. The Kier molecular flexibility index (Phi) is 4.10. The van der Waals surface area contributed by atoms with E-state index in [1.165, 1.54) is 36.4 Å². The summed E-state index contributed by atoms with van der Waals surface area (Å²) < 4.78 is 13.0. The molecule has 4 nitrogen and oxygen atoms in total. The molecule has 2 aromatic carbocycles. The fourth-order valence-corrected chi connectivity index (χ4v) is 1.87. The number of carbonyl (C=O) groups excluding carboxylic acids is 1. The molecule has 0 saturated carbocycles. The van der Waals surface area contributed by atoms with Crippen molar-refractivity contribution in [2.24, 2.45) is 0 Å². The van der Waals surface area contributed by atoms with Crippen molar-refractivity contribution in [3.8, 4) is 0 Å². The SMILES string of the molecule is O=C(Cc1ccc([N+](=O)[O-])cc1)c1ccc(F)c(Cl)c1.